The van der Waals surface area contributed by atoms with Crippen LogP contribution >= 0.6 is 34.3 Å². The number of thiophene rings is 1. The van der Waals surface area contributed by atoms with Crippen LogP contribution in [0.15, 0.2) is 17.5 Å². The van der Waals surface area contributed by atoms with Crippen LogP contribution in [0, 0.1) is 0 Å². The number of anilines is 1. The fraction of sp³-hybridized carbons (Fsp3) is 0.231. The fourth-order valence-corrected chi connectivity index (χ4v) is 3.11. The number of carbonyl (C=O) groups excluding carboxylic acids is 3. The van der Waals surface area contributed by atoms with Gasteiger partial charge in [0.05, 0.1) is 23.6 Å². The highest BCUT2D eigenvalue weighted by Gasteiger charge is 2.14. The van der Waals surface area contributed by atoms with Crippen molar-refractivity contribution in [2.24, 2.45) is 0 Å². The second-order valence-electron chi connectivity index (χ2n) is 4.12. The van der Waals surface area contributed by atoms with E-state index in [-0.39, 0.29) is 6.42 Å². The summed E-state index contributed by atoms with van der Waals surface area (Å²) in [5.74, 6) is -1.57. The molecule has 23 heavy (non-hydrogen) atoms. The minimum absolute atomic E-state index is 0.0248. The monoisotopic (exact) mass is 374 g/mol. The molecule has 2 rings (SSSR count). The van der Waals surface area contributed by atoms with Gasteiger partial charge in [-0.1, -0.05) is 11.6 Å². The molecule has 0 saturated heterocycles. The van der Waals surface area contributed by atoms with E-state index in [0.29, 0.717) is 20.0 Å². The van der Waals surface area contributed by atoms with E-state index >= 15 is 0 Å². The lowest BCUT2D eigenvalue weighted by atomic mass is 10.3. The van der Waals surface area contributed by atoms with Gasteiger partial charge in [0.1, 0.15) is 4.88 Å². The van der Waals surface area contributed by atoms with Crippen molar-refractivity contribution in [2.75, 3.05) is 19.0 Å². The standard InChI is InChI=1S/C13H11ClN2O5S2/c1-20-11(18)4-7-6-22-13(15-7)16-10(17)5-21-12(19)8-2-3-9(14)23-8/h2-3,6H,4-5H2,1H3,(H,15,16,17). The van der Waals surface area contributed by atoms with Crippen LogP contribution in [0.2, 0.25) is 4.34 Å². The number of thiazole rings is 1. The highest BCUT2D eigenvalue weighted by Crippen LogP contribution is 2.22. The molecule has 1 N–H and O–H groups in total. The van der Waals surface area contributed by atoms with Crippen molar-refractivity contribution >= 4 is 57.3 Å². The van der Waals surface area contributed by atoms with Crippen molar-refractivity contribution in [3.05, 3.63) is 32.4 Å². The van der Waals surface area contributed by atoms with Gasteiger partial charge in [0.25, 0.3) is 5.91 Å². The Hall–Kier alpha value is -1.97. The van der Waals surface area contributed by atoms with Gasteiger partial charge < -0.3 is 9.47 Å². The number of nitrogens with zero attached hydrogens (tertiary/aromatic N) is 1. The van der Waals surface area contributed by atoms with Gasteiger partial charge in [-0.25, -0.2) is 9.78 Å². The zero-order valence-electron chi connectivity index (χ0n) is 11.8. The summed E-state index contributed by atoms with van der Waals surface area (Å²) in [6.45, 7) is -0.444. The van der Waals surface area contributed by atoms with Crippen LogP contribution in [0.25, 0.3) is 0 Å². The summed E-state index contributed by atoms with van der Waals surface area (Å²) in [5.41, 5.74) is 0.488. The van der Waals surface area contributed by atoms with Crippen LogP contribution in [0.3, 0.4) is 0 Å². The summed E-state index contributed by atoms with van der Waals surface area (Å²) in [4.78, 5) is 38.9. The van der Waals surface area contributed by atoms with Gasteiger partial charge in [0.2, 0.25) is 0 Å². The first-order valence-electron chi connectivity index (χ1n) is 6.21. The average molecular weight is 375 g/mol. The average Bonchev–Trinajstić information content (AvgIpc) is 3.14. The summed E-state index contributed by atoms with van der Waals surface area (Å²) in [6, 6.07) is 3.09. The first-order chi connectivity index (χ1) is 11.0. The number of aromatic nitrogens is 1. The lowest BCUT2D eigenvalue weighted by Gasteiger charge is -2.03. The van der Waals surface area contributed by atoms with E-state index in [2.05, 4.69) is 15.0 Å². The second-order valence-corrected chi connectivity index (χ2v) is 6.70. The first kappa shape index (κ1) is 17.4. The van der Waals surface area contributed by atoms with E-state index < -0.39 is 24.5 Å². The maximum Gasteiger partial charge on any atom is 0.348 e. The maximum atomic E-state index is 11.7. The van der Waals surface area contributed by atoms with Crippen molar-refractivity contribution in [3.8, 4) is 0 Å². The Labute approximate surface area is 144 Å². The van der Waals surface area contributed by atoms with Crippen LogP contribution in [0.5, 0.6) is 0 Å². The number of hydrogen-bond acceptors (Lipinski definition) is 8. The van der Waals surface area contributed by atoms with Gasteiger partial charge >= 0.3 is 11.9 Å². The van der Waals surface area contributed by atoms with E-state index in [1.807, 2.05) is 0 Å². The zero-order valence-corrected chi connectivity index (χ0v) is 14.2. The van der Waals surface area contributed by atoms with Gasteiger partial charge in [-0.15, -0.1) is 22.7 Å². The molecule has 122 valence electrons. The number of rotatable bonds is 6. The molecule has 0 spiro atoms. The normalized spacial score (nSPS) is 10.2. The lowest BCUT2D eigenvalue weighted by molar-refractivity contribution is -0.139. The Bertz CT molecular complexity index is 728. The van der Waals surface area contributed by atoms with Crippen LogP contribution in [0.4, 0.5) is 5.13 Å². The van der Waals surface area contributed by atoms with Gasteiger partial charge in [-0.3, -0.25) is 14.9 Å². The molecule has 1 amide bonds. The number of methoxy groups -OCH3 is 1. The third-order valence-electron chi connectivity index (χ3n) is 2.46. The summed E-state index contributed by atoms with van der Waals surface area (Å²) in [6.07, 6.45) is 0.0248. The first-order valence-corrected chi connectivity index (χ1v) is 8.29. The molecule has 0 bridgehead atoms. The number of ether oxygens (including phenoxy) is 2. The Morgan fingerprint density at radius 1 is 1.35 bits per heavy atom. The van der Waals surface area contributed by atoms with Crippen molar-refractivity contribution in [1.82, 2.24) is 4.98 Å². The maximum absolute atomic E-state index is 11.7. The number of esters is 2. The quantitative estimate of drug-likeness (QED) is 0.780. The number of amides is 1. The topological polar surface area (TPSA) is 94.6 Å². The van der Waals surface area contributed by atoms with Gasteiger partial charge in [0.15, 0.2) is 11.7 Å². The van der Waals surface area contributed by atoms with Crippen molar-refractivity contribution in [1.29, 1.82) is 0 Å². The van der Waals surface area contributed by atoms with Crippen molar-refractivity contribution in [2.45, 2.75) is 6.42 Å². The molecule has 0 aromatic carbocycles. The number of nitrogens with one attached hydrogen (secondary N) is 1. The van der Waals surface area contributed by atoms with E-state index in [1.54, 1.807) is 11.4 Å². The number of hydrogen-bond donors (Lipinski definition) is 1. The van der Waals surface area contributed by atoms with E-state index in [4.69, 9.17) is 16.3 Å². The van der Waals surface area contributed by atoms with E-state index in [0.717, 1.165) is 22.7 Å². The fourth-order valence-electron chi connectivity index (χ4n) is 1.45. The van der Waals surface area contributed by atoms with E-state index in [9.17, 15) is 14.4 Å². The predicted molar refractivity (Wildman–Crippen MR) is 86.1 cm³/mol. The number of halogens is 1. The highest BCUT2D eigenvalue weighted by molar-refractivity contribution is 7.17. The molecule has 10 heteroatoms. The van der Waals surface area contributed by atoms with Gasteiger partial charge in [0, 0.05) is 5.38 Å². The Kier molecular flexibility index (Phi) is 6.08. The van der Waals surface area contributed by atoms with Crippen molar-refractivity contribution in [3.63, 3.8) is 0 Å². The van der Waals surface area contributed by atoms with Gasteiger partial charge in [-0.2, -0.15) is 0 Å². The third kappa shape index (κ3) is 5.31. The predicted octanol–water partition coefficient (Wildman–Crippen LogP) is 2.37. The number of carbonyl (C=O) groups is 3. The molecule has 7 nitrogen and oxygen atoms in total. The molecule has 0 fully saturated rings. The molecule has 2 aromatic heterocycles. The molecular weight excluding hydrogens is 364 g/mol. The molecular formula is C13H11ClN2O5S2. The van der Waals surface area contributed by atoms with Crippen LogP contribution < -0.4 is 5.32 Å². The zero-order chi connectivity index (χ0) is 16.8. The largest absolute Gasteiger partial charge is 0.469 e. The molecule has 2 aromatic rings. The summed E-state index contributed by atoms with van der Waals surface area (Å²) < 4.78 is 9.85. The summed E-state index contributed by atoms with van der Waals surface area (Å²) in [7, 11) is 1.28. The Morgan fingerprint density at radius 3 is 2.78 bits per heavy atom. The summed E-state index contributed by atoms with van der Waals surface area (Å²) >= 11 is 7.94. The molecule has 0 unspecified atom stereocenters. The van der Waals surface area contributed by atoms with Crippen LogP contribution in [-0.2, 0) is 25.5 Å². The Balaban J connectivity index is 1.80. The minimum Gasteiger partial charge on any atom is -0.469 e. The summed E-state index contributed by atoms with van der Waals surface area (Å²) in [5, 5.41) is 4.42. The molecule has 2 heterocycles. The highest BCUT2D eigenvalue weighted by atomic mass is 35.5. The molecule has 0 atom stereocenters. The SMILES string of the molecule is COC(=O)Cc1csc(NC(=O)COC(=O)c2ccc(Cl)s2)n1. The third-order valence-corrected chi connectivity index (χ3v) is 4.48. The van der Waals surface area contributed by atoms with Gasteiger partial charge in [-0.05, 0) is 12.1 Å². The molecule has 0 radical (unpaired) electrons. The molecule has 0 aliphatic carbocycles. The van der Waals surface area contributed by atoms with Crippen molar-refractivity contribution < 1.29 is 23.9 Å². The molecule has 0 aliphatic heterocycles. The second kappa shape index (κ2) is 8.04. The van der Waals surface area contributed by atoms with Crippen LogP contribution in [-0.4, -0.2) is 36.5 Å². The lowest BCUT2D eigenvalue weighted by Crippen LogP contribution is -2.20. The Morgan fingerprint density at radius 2 is 2.13 bits per heavy atom. The van der Waals surface area contributed by atoms with E-state index in [1.165, 1.54) is 13.2 Å². The minimum atomic E-state index is -0.623. The molecule has 0 saturated carbocycles. The smallest absolute Gasteiger partial charge is 0.348 e. The van der Waals surface area contributed by atoms with Crippen LogP contribution in [0.1, 0.15) is 15.4 Å². The molecule has 0 aliphatic rings.